The lowest BCUT2D eigenvalue weighted by atomic mass is 9.98. The van der Waals surface area contributed by atoms with Crippen LogP contribution in [0.1, 0.15) is 17.2 Å². The van der Waals surface area contributed by atoms with Crippen LogP contribution in [0.25, 0.3) is 11.1 Å². The van der Waals surface area contributed by atoms with Gasteiger partial charge in [0, 0.05) is 6.54 Å². The van der Waals surface area contributed by atoms with Gasteiger partial charge in [-0.15, -0.1) is 0 Å². The molecule has 2 rings (SSSR count). The third-order valence-electron chi connectivity index (χ3n) is 3.71. The molecule has 2 aromatic rings. The molecule has 0 aliphatic rings. The fourth-order valence-electron chi connectivity index (χ4n) is 2.32. The summed E-state index contributed by atoms with van der Waals surface area (Å²) in [6, 6.07) is 16.4. The van der Waals surface area contributed by atoms with E-state index in [2.05, 4.69) is 36.1 Å². The predicted octanol–water partition coefficient (Wildman–Crippen LogP) is 3.27. The Morgan fingerprint density at radius 2 is 1.73 bits per heavy atom. The zero-order valence-corrected chi connectivity index (χ0v) is 13.6. The van der Waals surface area contributed by atoms with Gasteiger partial charge in [0.2, 0.25) is 0 Å². The van der Waals surface area contributed by atoms with Crippen LogP contribution in [0.4, 0.5) is 0 Å². The van der Waals surface area contributed by atoms with E-state index in [1.54, 1.807) is 0 Å². The van der Waals surface area contributed by atoms with Gasteiger partial charge in [-0.1, -0.05) is 48.5 Å². The monoisotopic (exact) mass is 299 g/mol. The Bertz CT molecular complexity index is 578. The largest absolute Gasteiger partial charge is 0.386 e. The topological polar surface area (TPSA) is 32.7 Å². The molecular weight excluding hydrogens is 274 g/mol. The van der Waals surface area contributed by atoms with Gasteiger partial charge < -0.3 is 14.7 Å². The van der Waals surface area contributed by atoms with Crippen LogP contribution in [0.5, 0.6) is 0 Å². The molecule has 0 saturated carbocycles. The standard InChI is InChI=1S/C19H25NO2/c1-15-6-4-5-7-18(15)16-8-10-17(11-9-16)19(21)14-22-13-12-20(2)3/h4-11,19,21H,12-14H2,1-3H3. The molecule has 3 nitrogen and oxygen atoms in total. The number of hydrogen-bond donors (Lipinski definition) is 1. The van der Waals surface area contributed by atoms with Gasteiger partial charge in [-0.3, -0.25) is 0 Å². The molecule has 1 atom stereocenters. The summed E-state index contributed by atoms with van der Waals surface area (Å²) < 4.78 is 5.50. The van der Waals surface area contributed by atoms with Crippen molar-refractivity contribution in [3.8, 4) is 11.1 Å². The lowest BCUT2D eigenvalue weighted by molar-refractivity contribution is 0.0306. The lowest BCUT2D eigenvalue weighted by Gasteiger charge is -2.14. The minimum atomic E-state index is -0.576. The van der Waals surface area contributed by atoms with Crippen molar-refractivity contribution in [2.45, 2.75) is 13.0 Å². The number of ether oxygens (including phenoxy) is 1. The van der Waals surface area contributed by atoms with Crippen LogP contribution in [0, 0.1) is 6.92 Å². The second kappa shape index (κ2) is 8.08. The van der Waals surface area contributed by atoms with E-state index in [1.807, 2.05) is 38.4 Å². The summed E-state index contributed by atoms with van der Waals surface area (Å²) >= 11 is 0. The number of rotatable bonds is 7. The van der Waals surface area contributed by atoms with Crippen LogP contribution < -0.4 is 0 Å². The van der Waals surface area contributed by atoms with Crippen LogP contribution in [0.3, 0.4) is 0 Å². The summed E-state index contributed by atoms with van der Waals surface area (Å²) in [5, 5.41) is 10.2. The first-order valence-electron chi connectivity index (χ1n) is 7.64. The molecule has 0 heterocycles. The minimum Gasteiger partial charge on any atom is -0.386 e. The van der Waals surface area contributed by atoms with Gasteiger partial charge in [-0.2, -0.15) is 0 Å². The quantitative estimate of drug-likeness (QED) is 0.797. The Morgan fingerprint density at radius 1 is 1.05 bits per heavy atom. The molecule has 3 heteroatoms. The first-order valence-corrected chi connectivity index (χ1v) is 7.64. The molecule has 0 radical (unpaired) electrons. The summed E-state index contributed by atoms with van der Waals surface area (Å²) in [6.07, 6.45) is -0.576. The van der Waals surface area contributed by atoms with Crippen molar-refractivity contribution in [3.63, 3.8) is 0 Å². The molecule has 1 N–H and O–H groups in total. The Labute approximate surface area is 133 Å². The van der Waals surface area contributed by atoms with Crippen LogP contribution >= 0.6 is 0 Å². The van der Waals surface area contributed by atoms with Gasteiger partial charge in [0.25, 0.3) is 0 Å². The van der Waals surface area contributed by atoms with Crippen molar-refractivity contribution in [3.05, 3.63) is 59.7 Å². The first kappa shape index (κ1) is 16.7. The molecule has 0 aliphatic carbocycles. The second-order valence-electron chi connectivity index (χ2n) is 5.83. The van der Waals surface area contributed by atoms with E-state index in [9.17, 15) is 5.11 Å². The Hall–Kier alpha value is -1.68. The zero-order chi connectivity index (χ0) is 15.9. The predicted molar refractivity (Wildman–Crippen MR) is 90.9 cm³/mol. The highest BCUT2D eigenvalue weighted by molar-refractivity contribution is 5.67. The van der Waals surface area contributed by atoms with Crippen LogP contribution in [-0.2, 0) is 4.74 Å². The Balaban J connectivity index is 1.95. The van der Waals surface area contributed by atoms with Gasteiger partial charge in [0.1, 0.15) is 6.10 Å². The number of aliphatic hydroxyl groups is 1. The van der Waals surface area contributed by atoms with Crippen molar-refractivity contribution in [1.29, 1.82) is 0 Å². The average Bonchev–Trinajstić information content (AvgIpc) is 2.52. The molecule has 1 unspecified atom stereocenters. The fourth-order valence-corrected chi connectivity index (χ4v) is 2.32. The number of nitrogens with zero attached hydrogens (tertiary/aromatic N) is 1. The van der Waals surface area contributed by atoms with Gasteiger partial charge in [-0.05, 0) is 43.3 Å². The molecule has 0 aromatic heterocycles. The first-order chi connectivity index (χ1) is 10.6. The molecule has 118 valence electrons. The van der Waals surface area contributed by atoms with Crippen molar-refractivity contribution in [1.82, 2.24) is 4.90 Å². The summed E-state index contributed by atoms with van der Waals surface area (Å²) in [7, 11) is 4.01. The van der Waals surface area contributed by atoms with Gasteiger partial charge in [0.15, 0.2) is 0 Å². The average molecular weight is 299 g/mol. The van der Waals surface area contributed by atoms with E-state index in [1.165, 1.54) is 16.7 Å². The van der Waals surface area contributed by atoms with Crippen molar-refractivity contribution >= 4 is 0 Å². The van der Waals surface area contributed by atoms with E-state index in [-0.39, 0.29) is 0 Å². The minimum absolute atomic E-state index is 0.331. The van der Waals surface area contributed by atoms with Crippen molar-refractivity contribution in [2.75, 3.05) is 33.9 Å². The highest BCUT2D eigenvalue weighted by Gasteiger charge is 2.08. The lowest BCUT2D eigenvalue weighted by Crippen LogP contribution is -2.19. The number of aryl methyl sites for hydroxylation is 1. The highest BCUT2D eigenvalue weighted by Crippen LogP contribution is 2.24. The molecule has 22 heavy (non-hydrogen) atoms. The number of aliphatic hydroxyl groups excluding tert-OH is 1. The number of likely N-dealkylation sites (N-methyl/N-ethyl adjacent to an activating group) is 1. The molecule has 0 spiro atoms. The normalized spacial score (nSPS) is 12.6. The molecule has 0 bridgehead atoms. The molecule has 0 saturated heterocycles. The Morgan fingerprint density at radius 3 is 2.36 bits per heavy atom. The number of hydrogen-bond acceptors (Lipinski definition) is 3. The maximum absolute atomic E-state index is 10.2. The van der Waals surface area contributed by atoms with E-state index in [0.29, 0.717) is 13.2 Å². The van der Waals surface area contributed by atoms with Crippen LogP contribution in [0.15, 0.2) is 48.5 Å². The second-order valence-corrected chi connectivity index (χ2v) is 5.83. The summed E-state index contributed by atoms with van der Waals surface area (Å²) in [6.45, 7) is 3.93. The number of benzene rings is 2. The van der Waals surface area contributed by atoms with Crippen LogP contribution in [-0.4, -0.2) is 43.9 Å². The molecule has 0 aliphatic heterocycles. The fraction of sp³-hybridized carbons (Fsp3) is 0.368. The third kappa shape index (κ3) is 4.67. The van der Waals surface area contributed by atoms with Gasteiger partial charge in [0.05, 0.1) is 13.2 Å². The van der Waals surface area contributed by atoms with Crippen LogP contribution in [0.2, 0.25) is 0 Å². The van der Waals surface area contributed by atoms with Crippen molar-refractivity contribution in [2.24, 2.45) is 0 Å². The maximum atomic E-state index is 10.2. The van der Waals surface area contributed by atoms with Gasteiger partial charge in [-0.25, -0.2) is 0 Å². The summed E-state index contributed by atoms with van der Waals surface area (Å²) in [5.41, 5.74) is 4.54. The molecule has 0 fully saturated rings. The van der Waals surface area contributed by atoms with Crippen molar-refractivity contribution < 1.29 is 9.84 Å². The van der Waals surface area contributed by atoms with Gasteiger partial charge >= 0.3 is 0 Å². The smallest absolute Gasteiger partial charge is 0.102 e. The zero-order valence-electron chi connectivity index (χ0n) is 13.6. The maximum Gasteiger partial charge on any atom is 0.102 e. The highest BCUT2D eigenvalue weighted by atomic mass is 16.5. The van der Waals surface area contributed by atoms with E-state index in [4.69, 9.17) is 4.74 Å². The van der Waals surface area contributed by atoms with E-state index >= 15 is 0 Å². The third-order valence-corrected chi connectivity index (χ3v) is 3.71. The summed E-state index contributed by atoms with van der Waals surface area (Å²) in [4.78, 5) is 2.06. The Kier molecular flexibility index (Phi) is 6.13. The SMILES string of the molecule is Cc1ccccc1-c1ccc(C(O)COCCN(C)C)cc1. The van der Waals surface area contributed by atoms with E-state index in [0.717, 1.165) is 12.1 Å². The molecule has 2 aromatic carbocycles. The summed E-state index contributed by atoms with van der Waals surface area (Å²) in [5.74, 6) is 0. The molecular formula is C19H25NO2. The molecule has 0 amide bonds. The van der Waals surface area contributed by atoms with E-state index < -0.39 is 6.10 Å².